The minimum Gasteiger partial charge on any atom is -0.619 e. The second-order valence-corrected chi connectivity index (χ2v) is 5.89. The van der Waals surface area contributed by atoms with E-state index in [0.717, 1.165) is 5.56 Å². The van der Waals surface area contributed by atoms with Gasteiger partial charge >= 0.3 is 0 Å². The first-order valence-corrected chi connectivity index (χ1v) is 7.84. The summed E-state index contributed by atoms with van der Waals surface area (Å²) in [4.78, 5) is 14.3. The lowest BCUT2D eigenvalue weighted by molar-refractivity contribution is -0.605. The highest BCUT2D eigenvalue weighted by atomic mass is 35.5. The molecular weight excluding hydrogens is 316 g/mol. The first-order chi connectivity index (χ1) is 11.1. The number of hydrogen-bond donors (Lipinski definition) is 0. The Labute approximate surface area is 139 Å². The summed E-state index contributed by atoms with van der Waals surface area (Å²) < 4.78 is 6.43. The third kappa shape index (κ3) is 3.81. The fraction of sp³-hybridized carbons (Fsp3) is 0.294. The summed E-state index contributed by atoms with van der Waals surface area (Å²) in [7, 11) is 0. The molecule has 0 radical (unpaired) electrons. The number of halogens is 1. The number of morpholine rings is 1. The number of carbonyl (C=O) groups is 1. The van der Waals surface area contributed by atoms with E-state index in [1.165, 1.54) is 24.5 Å². The van der Waals surface area contributed by atoms with Crippen molar-refractivity contribution in [3.8, 4) is 0 Å². The van der Waals surface area contributed by atoms with Gasteiger partial charge in [-0.25, -0.2) is 0 Å². The van der Waals surface area contributed by atoms with Crippen LogP contribution in [0.4, 0.5) is 0 Å². The Kier molecular flexibility index (Phi) is 4.79. The van der Waals surface area contributed by atoms with Crippen molar-refractivity contribution < 1.29 is 14.3 Å². The molecule has 1 aromatic heterocycles. The number of nitrogens with zero attached hydrogens (tertiary/aromatic N) is 2. The van der Waals surface area contributed by atoms with E-state index in [1.54, 1.807) is 4.90 Å². The van der Waals surface area contributed by atoms with E-state index >= 15 is 0 Å². The Morgan fingerprint density at radius 2 is 2.04 bits per heavy atom. The highest BCUT2D eigenvalue weighted by Gasteiger charge is 2.26. The van der Waals surface area contributed by atoms with Crippen LogP contribution in [0.5, 0.6) is 0 Å². The van der Waals surface area contributed by atoms with E-state index < -0.39 is 0 Å². The van der Waals surface area contributed by atoms with Crippen molar-refractivity contribution >= 4 is 17.5 Å². The van der Waals surface area contributed by atoms with Gasteiger partial charge in [0.05, 0.1) is 18.3 Å². The molecule has 1 fully saturated rings. The van der Waals surface area contributed by atoms with Gasteiger partial charge in [0.1, 0.15) is 0 Å². The van der Waals surface area contributed by atoms with Crippen LogP contribution in [0.2, 0.25) is 5.02 Å². The molecule has 1 amide bonds. The number of rotatable bonds is 3. The van der Waals surface area contributed by atoms with Gasteiger partial charge in [-0.2, -0.15) is 4.73 Å². The van der Waals surface area contributed by atoms with Gasteiger partial charge in [0.25, 0.3) is 5.91 Å². The minimum atomic E-state index is -0.0851. The molecule has 0 aliphatic carbocycles. The quantitative estimate of drug-likeness (QED) is 0.638. The maximum absolute atomic E-state index is 12.5. The van der Waals surface area contributed by atoms with Crippen molar-refractivity contribution in [2.75, 3.05) is 19.7 Å². The van der Waals surface area contributed by atoms with Crippen LogP contribution < -0.4 is 4.73 Å². The summed E-state index contributed by atoms with van der Waals surface area (Å²) in [5.74, 6) is -0.0851. The van der Waals surface area contributed by atoms with E-state index in [1.807, 2.05) is 24.3 Å². The second-order valence-electron chi connectivity index (χ2n) is 5.49. The van der Waals surface area contributed by atoms with Gasteiger partial charge in [-0.1, -0.05) is 29.8 Å². The molecule has 1 aliphatic heterocycles. The SMILES string of the molecule is O=C(c1cc[n+]([O-])cc1)N1CCO[C@@H](Cc2ccccc2Cl)C1. The number of ether oxygens (including phenoxy) is 1. The van der Waals surface area contributed by atoms with Crippen LogP contribution >= 0.6 is 11.6 Å². The van der Waals surface area contributed by atoms with Gasteiger partial charge in [-0.3, -0.25) is 4.79 Å². The molecule has 120 valence electrons. The third-order valence-electron chi connectivity index (χ3n) is 3.88. The fourth-order valence-electron chi connectivity index (χ4n) is 2.67. The lowest BCUT2D eigenvalue weighted by atomic mass is 10.1. The van der Waals surface area contributed by atoms with Gasteiger partial charge in [0, 0.05) is 36.7 Å². The predicted octanol–water partition coefficient (Wildman–Crippen LogP) is 2.06. The maximum Gasteiger partial charge on any atom is 0.254 e. The molecule has 2 heterocycles. The molecule has 3 rings (SSSR count). The molecule has 0 bridgehead atoms. The standard InChI is InChI=1S/C17H17ClN2O3/c18-16-4-2-1-3-14(16)11-15-12-19(9-10-23-15)17(21)13-5-7-20(22)8-6-13/h1-8,15H,9-12H2/t15-/m0/s1. The van der Waals surface area contributed by atoms with Gasteiger partial charge in [0.2, 0.25) is 0 Å². The summed E-state index contributed by atoms with van der Waals surface area (Å²) >= 11 is 6.19. The number of aromatic nitrogens is 1. The zero-order chi connectivity index (χ0) is 16.2. The number of hydrogen-bond acceptors (Lipinski definition) is 3. The first kappa shape index (κ1) is 15.8. The molecule has 5 nitrogen and oxygen atoms in total. The van der Waals surface area contributed by atoms with Crippen LogP contribution in [-0.4, -0.2) is 36.6 Å². The Bertz CT molecular complexity index is 690. The van der Waals surface area contributed by atoms with Crippen molar-refractivity contribution in [1.82, 2.24) is 4.90 Å². The molecule has 0 spiro atoms. The first-order valence-electron chi connectivity index (χ1n) is 7.46. The highest BCUT2D eigenvalue weighted by Crippen LogP contribution is 2.20. The molecule has 0 unspecified atom stereocenters. The van der Waals surface area contributed by atoms with Gasteiger partial charge in [-0.05, 0) is 11.6 Å². The molecule has 1 saturated heterocycles. The maximum atomic E-state index is 12.5. The lowest BCUT2D eigenvalue weighted by Crippen LogP contribution is -2.46. The molecule has 1 aliphatic rings. The molecule has 6 heteroatoms. The zero-order valence-electron chi connectivity index (χ0n) is 12.5. The molecule has 0 saturated carbocycles. The Balaban J connectivity index is 1.67. The number of pyridine rings is 1. The van der Waals surface area contributed by atoms with Gasteiger partial charge in [0.15, 0.2) is 12.4 Å². The molecule has 1 atom stereocenters. The number of amides is 1. The number of benzene rings is 1. The largest absolute Gasteiger partial charge is 0.619 e. The highest BCUT2D eigenvalue weighted by molar-refractivity contribution is 6.31. The Hall–Kier alpha value is -2.11. The topological polar surface area (TPSA) is 56.5 Å². The minimum absolute atomic E-state index is 0.0826. The van der Waals surface area contributed by atoms with Crippen LogP contribution in [0.25, 0.3) is 0 Å². The van der Waals surface area contributed by atoms with Crippen molar-refractivity contribution in [3.63, 3.8) is 0 Å². The summed E-state index contributed by atoms with van der Waals surface area (Å²) in [6.07, 6.45) is 3.24. The molecule has 1 aromatic carbocycles. The fourth-order valence-corrected chi connectivity index (χ4v) is 2.89. The van der Waals surface area contributed by atoms with E-state index in [4.69, 9.17) is 16.3 Å². The van der Waals surface area contributed by atoms with Crippen LogP contribution in [0, 0.1) is 5.21 Å². The van der Waals surface area contributed by atoms with Crippen LogP contribution in [0.15, 0.2) is 48.8 Å². The normalized spacial score (nSPS) is 18.0. The molecular formula is C17H17ClN2O3. The molecule has 23 heavy (non-hydrogen) atoms. The Morgan fingerprint density at radius 1 is 1.30 bits per heavy atom. The van der Waals surface area contributed by atoms with Crippen molar-refractivity contribution in [3.05, 3.63) is 70.1 Å². The van der Waals surface area contributed by atoms with Crippen LogP contribution in [0.1, 0.15) is 15.9 Å². The molecule has 0 N–H and O–H groups in total. The Morgan fingerprint density at radius 3 is 2.78 bits per heavy atom. The summed E-state index contributed by atoms with van der Waals surface area (Å²) in [5, 5.41) is 11.8. The third-order valence-corrected chi connectivity index (χ3v) is 4.25. The number of carbonyl (C=O) groups excluding carboxylic acids is 1. The lowest BCUT2D eigenvalue weighted by Gasteiger charge is -2.33. The van der Waals surface area contributed by atoms with E-state index in [-0.39, 0.29) is 12.0 Å². The molecule has 2 aromatic rings. The average Bonchev–Trinajstić information content (AvgIpc) is 2.57. The van der Waals surface area contributed by atoms with Gasteiger partial charge < -0.3 is 14.8 Å². The summed E-state index contributed by atoms with van der Waals surface area (Å²) in [6, 6.07) is 10.7. The van der Waals surface area contributed by atoms with Crippen LogP contribution in [-0.2, 0) is 11.2 Å². The second kappa shape index (κ2) is 6.98. The smallest absolute Gasteiger partial charge is 0.254 e. The average molecular weight is 333 g/mol. The monoisotopic (exact) mass is 332 g/mol. The van der Waals surface area contributed by atoms with Crippen LogP contribution in [0.3, 0.4) is 0 Å². The van der Waals surface area contributed by atoms with E-state index in [0.29, 0.717) is 41.4 Å². The van der Waals surface area contributed by atoms with Gasteiger partial charge in [-0.15, -0.1) is 0 Å². The zero-order valence-corrected chi connectivity index (χ0v) is 13.3. The summed E-state index contributed by atoms with van der Waals surface area (Å²) in [5.41, 5.74) is 1.52. The van der Waals surface area contributed by atoms with Crippen molar-refractivity contribution in [2.24, 2.45) is 0 Å². The summed E-state index contributed by atoms with van der Waals surface area (Å²) in [6.45, 7) is 1.55. The predicted molar refractivity (Wildman–Crippen MR) is 86.2 cm³/mol. The van der Waals surface area contributed by atoms with Crippen molar-refractivity contribution in [1.29, 1.82) is 0 Å². The van der Waals surface area contributed by atoms with E-state index in [9.17, 15) is 10.0 Å². The van der Waals surface area contributed by atoms with Crippen molar-refractivity contribution in [2.45, 2.75) is 12.5 Å². The van der Waals surface area contributed by atoms with E-state index in [2.05, 4.69) is 0 Å².